The smallest absolute Gasteiger partial charge is 0.219 e. The zero-order valence-corrected chi connectivity index (χ0v) is 25.9. The molecule has 0 aliphatic carbocycles. The number of aliphatic imine (C=N–C) groups is 1. The minimum atomic E-state index is 0.175. The normalized spacial score (nSPS) is 15.1. The zero-order valence-electron chi connectivity index (χ0n) is 25.9. The van der Waals surface area contributed by atoms with Crippen LogP contribution in [0, 0.1) is 6.92 Å². The van der Waals surface area contributed by atoms with Gasteiger partial charge >= 0.3 is 0 Å². The Bertz CT molecular complexity index is 2350. The van der Waals surface area contributed by atoms with E-state index >= 15 is 0 Å². The van der Waals surface area contributed by atoms with Gasteiger partial charge in [0, 0.05) is 22.5 Å². The number of aryl methyl sites for hydroxylation is 1. The molecule has 0 amide bonds. The van der Waals surface area contributed by atoms with E-state index < -0.39 is 0 Å². The molecule has 4 heterocycles. The molecule has 3 aromatic heterocycles. The molecule has 0 radical (unpaired) electrons. The van der Waals surface area contributed by atoms with Gasteiger partial charge < -0.3 is 5.32 Å². The Morgan fingerprint density at radius 1 is 0.652 bits per heavy atom. The quantitative estimate of drug-likeness (QED) is 0.222. The van der Waals surface area contributed by atoms with E-state index in [0.717, 1.165) is 28.6 Å². The third-order valence-corrected chi connectivity index (χ3v) is 8.80. The average molecular weight is 599 g/mol. The molecular formula is C40H34N6. The minimum absolute atomic E-state index is 0.175. The van der Waals surface area contributed by atoms with Crippen molar-refractivity contribution < 1.29 is 0 Å². The summed E-state index contributed by atoms with van der Waals surface area (Å²) in [5, 5.41) is 8.60. The summed E-state index contributed by atoms with van der Waals surface area (Å²) in [7, 11) is 2.08. The third kappa shape index (κ3) is 4.80. The summed E-state index contributed by atoms with van der Waals surface area (Å²) >= 11 is 0. The maximum Gasteiger partial charge on any atom is 0.219 e. The van der Waals surface area contributed by atoms with Crippen molar-refractivity contribution in [3.63, 3.8) is 0 Å². The number of hydrogen-bond acceptors (Lipinski definition) is 4. The highest BCUT2D eigenvalue weighted by Crippen LogP contribution is 2.36. The van der Waals surface area contributed by atoms with E-state index in [-0.39, 0.29) is 6.17 Å². The SMILES string of the molecule is CN1CN=C(c2ccccc2)NC1c1ccccc1.Cc1nc(-n2c3ccccc3c3c4ccccc4ccc32)n2ccccc12. The molecule has 0 bridgehead atoms. The van der Waals surface area contributed by atoms with Crippen molar-refractivity contribution in [3.05, 3.63) is 163 Å². The number of rotatable bonds is 3. The summed E-state index contributed by atoms with van der Waals surface area (Å²) in [5.41, 5.74) is 6.94. The lowest BCUT2D eigenvalue weighted by molar-refractivity contribution is 0.223. The van der Waals surface area contributed by atoms with Crippen LogP contribution in [-0.2, 0) is 0 Å². The van der Waals surface area contributed by atoms with Gasteiger partial charge in [-0.15, -0.1) is 0 Å². The standard InChI is InChI=1S/C24H17N3.C16H17N3/c1-16-20-11-6-7-15-26(20)24(25-16)27-21-12-5-4-10-19(21)23-18-9-3-2-8-17(18)13-14-22(23)27;1-19-12-17-15(13-8-4-2-5-9-13)18-16(19)14-10-6-3-7-11-14/h2-15H,1H3;2-11,16H,12H2,1H3,(H,17,18). The van der Waals surface area contributed by atoms with Crippen molar-refractivity contribution >= 4 is 43.9 Å². The molecule has 0 spiro atoms. The lowest BCUT2D eigenvalue weighted by Gasteiger charge is -2.33. The van der Waals surface area contributed by atoms with Crippen LogP contribution < -0.4 is 5.32 Å². The molecule has 1 unspecified atom stereocenters. The molecule has 1 N–H and O–H groups in total. The summed E-state index contributed by atoms with van der Waals surface area (Å²) in [6.07, 6.45) is 2.26. The summed E-state index contributed by atoms with van der Waals surface area (Å²) in [4.78, 5) is 11.7. The summed E-state index contributed by atoms with van der Waals surface area (Å²) in [6, 6.07) is 48.6. The largest absolute Gasteiger partial charge is 0.350 e. The third-order valence-electron chi connectivity index (χ3n) is 8.80. The molecule has 0 saturated carbocycles. The number of nitrogens with one attached hydrogen (secondary N) is 1. The number of aromatic nitrogens is 3. The van der Waals surface area contributed by atoms with Crippen molar-refractivity contribution in [1.29, 1.82) is 0 Å². The first-order valence-corrected chi connectivity index (χ1v) is 15.6. The highest BCUT2D eigenvalue weighted by molar-refractivity contribution is 6.21. The Balaban J connectivity index is 0.000000145. The molecule has 1 aliphatic heterocycles. The Hall–Kier alpha value is -5.72. The summed E-state index contributed by atoms with van der Waals surface area (Å²) in [5.74, 6) is 1.90. The predicted octanol–water partition coefficient (Wildman–Crippen LogP) is 8.52. The Kier molecular flexibility index (Phi) is 7.04. The van der Waals surface area contributed by atoms with Crippen LogP contribution in [0.15, 0.2) is 151 Å². The van der Waals surface area contributed by atoms with Crippen molar-refractivity contribution in [1.82, 2.24) is 24.2 Å². The lowest BCUT2D eigenvalue weighted by atomic mass is 10.0. The molecule has 1 atom stereocenters. The summed E-state index contributed by atoms with van der Waals surface area (Å²) < 4.78 is 4.47. The fourth-order valence-corrected chi connectivity index (χ4v) is 6.58. The number of hydrogen-bond donors (Lipinski definition) is 1. The number of pyridine rings is 1. The van der Waals surface area contributed by atoms with E-state index in [1.807, 2.05) is 24.3 Å². The number of imidazole rings is 1. The van der Waals surface area contributed by atoms with Gasteiger partial charge in [-0.05, 0) is 54.6 Å². The van der Waals surface area contributed by atoms with E-state index in [1.165, 1.54) is 38.1 Å². The first-order chi connectivity index (χ1) is 22.7. The van der Waals surface area contributed by atoms with Crippen molar-refractivity contribution in [2.24, 2.45) is 4.99 Å². The van der Waals surface area contributed by atoms with E-state index in [2.05, 4.69) is 160 Å². The number of nitrogens with zero attached hydrogens (tertiary/aromatic N) is 5. The van der Waals surface area contributed by atoms with Gasteiger partial charge in [0.25, 0.3) is 0 Å². The summed E-state index contributed by atoms with van der Waals surface area (Å²) in [6.45, 7) is 2.78. The maximum atomic E-state index is 4.94. The number of fused-ring (bicyclic) bond motifs is 6. The van der Waals surface area contributed by atoms with Crippen molar-refractivity contribution in [2.45, 2.75) is 13.1 Å². The van der Waals surface area contributed by atoms with Gasteiger partial charge in [0.2, 0.25) is 5.95 Å². The van der Waals surface area contributed by atoms with Gasteiger partial charge in [0.15, 0.2) is 0 Å². The molecule has 6 nitrogen and oxygen atoms in total. The average Bonchev–Trinajstić information content (AvgIpc) is 3.64. The zero-order chi connectivity index (χ0) is 31.0. The highest BCUT2D eigenvalue weighted by Gasteiger charge is 2.22. The van der Waals surface area contributed by atoms with Crippen LogP contribution in [0.4, 0.5) is 0 Å². The lowest BCUT2D eigenvalue weighted by Crippen LogP contribution is -2.44. The number of amidine groups is 1. The molecule has 5 aromatic carbocycles. The van der Waals surface area contributed by atoms with Gasteiger partial charge in [0.1, 0.15) is 12.0 Å². The topological polar surface area (TPSA) is 49.9 Å². The van der Waals surface area contributed by atoms with Crippen LogP contribution in [0.25, 0.3) is 44.0 Å². The van der Waals surface area contributed by atoms with Gasteiger partial charge in [0.05, 0.1) is 28.9 Å². The Morgan fingerprint density at radius 3 is 2.15 bits per heavy atom. The van der Waals surface area contributed by atoms with E-state index in [0.29, 0.717) is 6.67 Å². The molecule has 46 heavy (non-hydrogen) atoms. The molecule has 0 saturated heterocycles. The molecule has 8 aromatic rings. The van der Waals surface area contributed by atoms with Crippen LogP contribution in [0.3, 0.4) is 0 Å². The fourth-order valence-electron chi connectivity index (χ4n) is 6.58. The first kappa shape index (κ1) is 27.8. The van der Waals surface area contributed by atoms with Crippen LogP contribution in [0.5, 0.6) is 0 Å². The van der Waals surface area contributed by atoms with Crippen LogP contribution >= 0.6 is 0 Å². The molecule has 224 valence electrons. The monoisotopic (exact) mass is 598 g/mol. The van der Waals surface area contributed by atoms with Gasteiger partial charge in [-0.2, -0.15) is 0 Å². The number of benzene rings is 5. The Labute approximate surface area is 267 Å². The van der Waals surface area contributed by atoms with Crippen molar-refractivity contribution in [2.75, 3.05) is 13.7 Å². The number of para-hydroxylation sites is 1. The fraction of sp³-hybridized carbons (Fsp3) is 0.100. The van der Waals surface area contributed by atoms with Gasteiger partial charge in [-0.25, -0.2) is 4.98 Å². The second kappa shape index (κ2) is 11.7. The molecule has 0 fully saturated rings. The van der Waals surface area contributed by atoms with E-state index in [1.54, 1.807) is 0 Å². The molecule has 9 rings (SSSR count). The molecular weight excluding hydrogens is 564 g/mol. The maximum absolute atomic E-state index is 4.94. The Morgan fingerprint density at radius 2 is 1.33 bits per heavy atom. The second-order valence-electron chi connectivity index (χ2n) is 11.7. The van der Waals surface area contributed by atoms with Crippen LogP contribution in [0.1, 0.15) is 23.0 Å². The second-order valence-corrected chi connectivity index (χ2v) is 11.7. The van der Waals surface area contributed by atoms with Crippen molar-refractivity contribution in [3.8, 4) is 5.95 Å². The van der Waals surface area contributed by atoms with E-state index in [9.17, 15) is 0 Å². The highest BCUT2D eigenvalue weighted by atomic mass is 15.3. The van der Waals surface area contributed by atoms with Crippen LogP contribution in [-0.4, -0.2) is 38.4 Å². The van der Waals surface area contributed by atoms with E-state index in [4.69, 9.17) is 4.98 Å². The minimum Gasteiger partial charge on any atom is -0.350 e. The molecule has 1 aliphatic rings. The van der Waals surface area contributed by atoms with Gasteiger partial charge in [-0.3, -0.25) is 18.9 Å². The van der Waals surface area contributed by atoms with Gasteiger partial charge in [-0.1, -0.05) is 115 Å². The van der Waals surface area contributed by atoms with Crippen LogP contribution in [0.2, 0.25) is 0 Å². The predicted molar refractivity (Wildman–Crippen MR) is 190 cm³/mol. The molecule has 6 heteroatoms. The first-order valence-electron chi connectivity index (χ1n) is 15.6.